The quantitative estimate of drug-likeness (QED) is 0.798. The first-order chi connectivity index (χ1) is 12.6. The van der Waals surface area contributed by atoms with Crippen molar-refractivity contribution < 1.29 is 14.6 Å². The number of amides is 1. The van der Waals surface area contributed by atoms with E-state index in [1.165, 1.54) is 6.20 Å². The van der Waals surface area contributed by atoms with Crippen molar-refractivity contribution in [3.05, 3.63) is 59.9 Å². The molecule has 7 nitrogen and oxygen atoms in total. The van der Waals surface area contributed by atoms with Crippen LogP contribution in [0.25, 0.3) is 0 Å². The molecule has 2 heterocycles. The van der Waals surface area contributed by atoms with Crippen LogP contribution in [0.3, 0.4) is 0 Å². The summed E-state index contributed by atoms with van der Waals surface area (Å²) in [5, 5.41) is 20.6. The van der Waals surface area contributed by atoms with Crippen LogP contribution < -0.4 is 5.32 Å². The first-order valence-electron chi connectivity index (χ1n) is 8.70. The molecule has 1 fully saturated rings. The van der Waals surface area contributed by atoms with Gasteiger partial charge in [0.2, 0.25) is 0 Å². The molecular formula is C19H24N4O3. The molecule has 0 unspecified atom stereocenters. The molecular weight excluding hydrogens is 332 g/mol. The first kappa shape index (κ1) is 18.4. The summed E-state index contributed by atoms with van der Waals surface area (Å²) in [5.41, 5.74) is 0.713. The Morgan fingerprint density at radius 3 is 2.85 bits per heavy atom. The van der Waals surface area contributed by atoms with E-state index in [9.17, 15) is 9.90 Å². The van der Waals surface area contributed by atoms with E-state index in [1.54, 1.807) is 12.1 Å². The lowest BCUT2D eigenvalue weighted by Gasteiger charge is -2.49. The number of ether oxygens (including phenoxy) is 1. The fourth-order valence-electron chi connectivity index (χ4n) is 3.27. The van der Waals surface area contributed by atoms with Crippen molar-refractivity contribution in [2.75, 3.05) is 26.4 Å². The van der Waals surface area contributed by atoms with E-state index in [0.717, 1.165) is 5.56 Å². The maximum Gasteiger partial charge on any atom is 0.271 e. The van der Waals surface area contributed by atoms with Crippen LogP contribution in [0.2, 0.25) is 0 Å². The summed E-state index contributed by atoms with van der Waals surface area (Å²) in [6.45, 7) is 3.82. The Hall–Kier alpha value is -2.35. The molecule has 0 bridgehead atoms. The Bertz CT molecular complexity index is 713. The summed E-state index contributed by atoms with van der Waals surface area (Å²) < 4.78 is 5.71. The van der Waals surface area contributed by atoms with Gasteiger partial charge in [-0.15, -0.1) is 5.10 Å². The number of nitrogens with one attached hydrogen (secondary N) is 1. The number of hydrogen-bond acceptors (Lipinski definition) is 6. The number of aliphatic hydroxyl groups excluding tert-OH is 1. The highest BCUT2D eigenvalue weighted by atomic mass is 16.5. The van der Waals surface area contributed by atoms with Gasteiger partial charge in [-0.3, -0.25) is 9.69 Å². The largest absolute Gasteiger partial charge is 0.394 e. The van der Waals surface area contributed by atoms with Gasteiger partial charge < -0.3 is 15.2 Å². The summed E-state index contributed by atoms with van der Waals surface area (Å²) >= 11 is 0. The van der Waals surface area contributed by atoms with Gasteiger partial charge in [0.25, 0.3) is 5.91 Å². The van der Waals surface area contributed by atoms with E-state index in [1.807, 2.05) is 18.2 Å². The highest BCUT2D eigenvalue weighted by Crippen LogP contribution is 2.26. The van der Waals surface area contributed by atoms with E-state index in [2.05, 4.69) is 39.5 Å². The van der Waals surface area contributed by atoms with E-state index < -0.39 is 5.54 Å². The van der Waals surface area contributed by atoms with E-state index in [-0.39, 0.29) is 30.8 Å². The molecule has 0 saturated carbocycles. The highest BCUT2D eigenvalue weighted by Gasteiger charge is 2.42. The average Bonchev–Trinajstić information content (AvgIpc) is 2.70. The van der Waals surface area contributed by atoms with Gasteiger partial charge in [-0.25, -0.2) is 0 Å². The fraction of sp³-hybridized carbons (Fsp3) is 0.421. The van der Waals surface area contributed by atoms with Gasteiger partial charge in [0, 0.05) is 25.3 Å². The van der Waals surface area contributed by atoms with Crippen molar-refractivity contribution >= 4 is 5.91 Å². The molecule has 2 aromatic rings. The summed E-state index contributed by atoms with van der Waals surface area (Å²) in [6.07, 6.45) is 1.52. The molecule has 3 rings (SSSR count). The maximum atomic E-state index is 12.3. The van der Waals surface area contributed by atoms with Crippen LogP contribution in [0.15, 0.2) is 48.7 Å². The Morgan fingerprint density at radius 1 is 1.35 bits per heavy atom. The Balaban J connectivity index is 1.76. The minimum absolute atomic E-state index is 0.115. The van der Waals surface area contributed by atoms with Crippen molar-refractivity contribution in [2.24, 2.45) is 0 Å². The second-order valence-corrected chi connectivity index (χ2v) is 6.65. The number of nitrogens with zero attached hydrogens (tertiary/aromatic N) is 3. The van der Waals surface area contributed by atoms with Gasteiger partial charge >= 0.3 is 0 Å². The molecule has 1 saturated heterocycles. The standard InChI is InChI=1S/C19H24N4O3/c1-15-11-26-14-19(13-24,23(15)10-16-6-3-2-4-7-16)12-20-18(25)17-8-5-9-21-22-17/h2-9,15,24H,10-14H2,1H3,(H,20,25)/t15-,19+/m1/s1. The number of benzene rings is 1. The number of aliphatic hydroxyl groups is 1. The van der Waals surface area contributed by atoms with Crippen LogP contribution in [0.4, 0.5) is 0 Å². The third-order valence-corrected chi connectivity index (χ3v) is 4.74. The van der Waals surface area contributed by atoms with Gasteiger partial charge in [0.05, 0.1) is 25.4 Å². The molecule has 1 aromatic carbocycles. The van der Waals surface area contributed by atoms with Crippen molar-refractivity contribution in [1.29, 1.82) is 0 Å². The fourth-order valence-corrected chi connectivity index (χ4v) is 3.27. The van der Waals surface area contributed by atoms with Crippen LogP contribution in [0.1, 0.15) is 23.0 Å². The molecule has 1 aromatic heterocycles. The topological polar surface area (TPSA) is 87.6 Å². The van der Waals surface area contributed by atoms with Crippen LogP contribution in [0, 0.1) is 0 Å². The third kappa shape index (κ3) is 4.07. The van der Waals surface area contributed by atoms with Crippen molar-refractivity contribution in [2.45, 2.75) is 25.0 Å². The minimum atomic E-state index is -0.689. The molecule has 1 aliphatic rings. The molecule has 138 valence electrons. The molecule has 0 spiro atoms. The van der Waals surface area contributed by atoms with Crippen LogP contribution in [0.5, 0.6) is 0 Å². The molecule has 1 aliphatic heterocycles. The molecule has 26 heavy (non-hydrogen) atoms. The zero-order valence-corrected chi connectivity index (χ0v) is 14.8. The SMILES string of the molecule is C[C@@H]1COC[C@@](CO)(CNC(=O)c2cccnn2)N1Cc1ccccc1. The van der Waals surface area contributed by atoms with Gasteiger partial charge in [0.15, 0.2) is 5.69 Å². The van der Waals surface area contributed by atoms with Gasteiger partial charge in [-0.05, 0) is 24.6 Å². The normalized spacial score (nSPS) is 23.5. The van der Waals surface area contributed by atoms with Crippen LogP contribution >= 0.6 is 0 Å². The van der Waals surface area contributed by atoms with Crippen molar-refractivity contribution in [3.63, 3.8) is 0 Å². The number of carbonyl (C=O) groups is 1. The molecule has 0 aliphatic carbocycles. The number of hydrogen-bond donors (Lipinski definition) is 2. The van der Waals surface area contributed by atoms with Gasteiger partial charge in [-0.2, -0.15) is 5.10 Å². The highest BCUT2D eigenvalue weighted by molar-refractivity contribution is 5.92. The second-order valence-electron chi connectivity index (χ2n) is 6.65. The zero-order chi connectivity index (χ0) is 18.4. The maximum absolute atomic E-state index is 12.3. The van der Waals surface area contributed by atoms with Crippen molar-refractivity contribution in [1.82, 2.24) is 20.4 Å². The van der Waals surface area contributed by atoms with Crippen molar-refractivity contribution in [3.8, 4) is 0 Å². The predicted octanol–water partition coefficient (Wildman–Crippen LogP) is 0.858. The van der Waals surface area contributed by atoms with Crippen LogP contribution in [-0.4, -0.2) is 64.1 Å². The smallest absolute Gasteiger partial charge is 0.271 e. The lowest BCUT2D eigenvalue weighted by Crippen LogP contribution is -2.66. The number of morpholine rings is 1. The molecule has 2 N–H and O–H groups in total. The predicted molar refractivity (Wildman–Crippen MR) is 96.4 cm³/mol. The summed E-state index contributed by atoms with van der Waals surface area (Å²) in [6, 6.07) is 13.5. The van der Waals surface area contributed by atoms with Crippen LogP contribution in [-0.2, 0) is 11.3 Å². The second kappa shape index (κ2) is 8.35. The molecule has 7 heteroatoms. The lowest BCUT2D eigenvalue weighted by molar-refractivity contribution is -0.121. The Labute approximate surface area is 153 Å². The first-order valence-corrected chi connectivity index (χ1v) is 8.70. The average molecular weight is 356 g/mol. The molecule has 1 amide bonds. The lowest BCUT2D eigenvalue weighted by atomic mass is 9.94. The van der Waals surface area contributed by atoms with E-state index in [0.29, 0.717) is 19.8 Å². The summed E-state index contributed by atoms with van der Waals surface area (Å²) in [4.78, 5) is 14.5. The number of carbonyl (C=O) groups excluding carboxylic acids is 1. The summed E-state index contributed by atoms with van der Waals surface area (Å²) in [5.74, 6) is -0.316. The third-order valence-electron chi connectivity index (χ3n) is 4.74. The Kier molecular flexibility index (Phi) is 5.92. The van der Waals surface area contributed by atoms with Gasteiger partial charge in [-0.1, -0.05) is 30.3 Å². The molecule has 0 radical (unpaired) electrons. The summed E-state index contributed by atoms with van der Waals surface area (Å²) in [7, 11) is 0. The van der Waals surface area contributed by atoms with Gasteiger partial charge in [0.1, 0.15) is 0 Å². The number of rotatable bonds is 6. The van der Waals surface area contributed by atoms with E-state index in [4.69, 9.17) is 4.74 Å². The molecule has 2 atom stereocenters. The number of aromatic nitrogens is 2. The Morgan fingerprint density at radius 2 is 2.15 bits per heavy atom. The van der Waals surface area contributed by atoms with E-state index >= 15 is 0 Å². The zero-order valence-electron chi connectivity index (χ0n) is 14.8. The monoisotopic (exact) mass is 356 g/mol. The minimum Gasteiger partial charge on any atom is -0.394 e.